The first-order valence-corrected chi connectivity index (χ1v) is 8.69. The molecule has 0 bridgehead atoms. The van der Waals surface area contributed by atoms with E-state index in [-0.39, 0.29) is 0 Å². The highest BCUT2D eigenvalue weighted by Crippen LogP contribution is 2.37. The molecule has 0 saturated heterocycles. The predicted molar refractivity (Wildman–Crippen MR) is 90.3 cm³/mol. The first kappa shape index (κ1) is 17.1. The van der Waals surface area contributed by atoms with Crippen LogP contribution in [0.2, 0.25) is 0 Å². The standard InChI is InChI=1S/C8H20N.C7H11NS2/c1-5-9(6-2,7-3)8-4;9-7(10)8(5-1-2-5)6-3-4-6/h5-8H2,1-4H3;5-6H,1-4H2,(H,9,10)/q+1;/p-1. The lowest BCUT2D eigenvalue weighted by molar-refractivity contribution is -0.921. The second kappa shape index (κ2) is 7.75. The van der Waals surface area contributed by atoms with Gasteiger partial charge in [0.25, 0.3) is 0 Å². The van der Waals surface area contributed by atoms with E-state index in [1.165, 1.54) is 56.3 Å². The van der Waals surface area contributed by atoms with Gasteiger partial charge in [-0.1, -0.05) is 4.32 Å². The second-order valence-corrected chi connectivity index (χ2v) is 6.77. The van der Waals surface area contributed by atoms with Gasteiger partial charge in [0.05, 0.1) is 26.2 Å². The molecule has 0 spiro atoms. The molecule has 2 fully saturated rings. The molecule has 2 rings (SSSR count). The minimum Gasteiger partial charge on any atom is -0.411 e. The maximum atomic E-state index is 4.99. The molecule has 2 saturated carbocycles. The van der Waals surface area contributed by atoms with Gasteiger partial charge in [-0.15, -0.1) is 0 Å². The zero-order valence-electron chi connectivity index (χ0n) is 13.0. The first-order valence-electron chi connectivity index (χ1n) is 7.87. The largest absolute Gasteiger partial charge is 0.411 e. The van der Waals surface area contributed by atoms with Gasteiger partial charge in [-0.3, -0.25) is 0 Å². The van der Waals surface area contributed by atoms with E-state index in [4.69, 9.17) is 24.8 Å². The van der Waals surface area contributed by atoms with Crippen molar-refractivity contribution in [3.8, 4) is 0 Å². The molecule has 0 aromatic heterocycles. The molecule has 0 amide bonds. The van der Waals surface area contributed by atoms with Crippen LogP contribution in [-0.2, 0) is 12.6 Å². The molecule has 112 valence electrons. The quantitative estimate of drug-likeness (QED) is 0.421. The van der Waals surface area contributed by atoms with Crippen molar-refractivity contribution in [1.82, 2.24) is 4.90 Å². The third-order valence-electron chi connectivity index (χ3n) is 4.77. The summed E-state index contributed by atoms with van der Waals surface area (Å²) in [5.74, 6) is 0. The number of quaternary nitrogens is 1. The van der Waals surface area contributed by atoms with Crippen LogP contribution < -0.4 is 0 Å². The summed E-state index contributed by atoms with van der Waals surface area (Å²) in [6.45, 7) is 14.2. The van der Waals surface area contributed by atoms with Gasteiger partial charge in [0, 0.05) is 12.1 Å². The van der Waals surface area contributed by atoms with Gasteiger partial charge in [0.2, 0.25) is 0 Å². The lowest BCUT2D eigenvalue weighted by Crippen LogP contribution is -2.47. The molecule has 0 heterocycles. The van der Waals surface area contributed by atoms with E-state index in [1.54, 1.807) is 0 Å². The van der Waals surface area contributed by atoms with Crippen LogP contribution >= 0.6 is 12.2 Å². The summed E-state index contributed by atoms with van der Waals surface area (Å²) in [7, 11) is 0. The van der Waals surface area contributed by atoms with E-state index in [1.807, 2.05) is 0 Å². The Morgan fingerprint density at radius 2 is 1.26 bits per heavy atom. The molecule has 0 aliphatic heterocycles. The summed E-state index contributed by atoms with van der Waals surface area (Å²) < 4.78 is 1.98. The summed E-state index contributed by atoms with van der Waals surface area (Å²) in [6.07, 6.45) is 5.25. The average Bonchev–Trinajstić information content (AvgIpc) is 3.28. The topological polar surface area (TPSA) is 3.24 Å². The van der Waals surface area contributed by atoms with E-state index < -0.39 is 0 Å². The number of rotatable bonds is 6. The van der Waals surface area contributed by atoms with Crippen molar-refractivity contribution in [3.05, 3.63) is 0 Å². The summed E-state index contributed by atoms with van der Waals surface area (Å²) in [6, 6.07) is 1.47. The Hall–Kier alpha value is 0.0700. The van der Waals surface area contributed by atoms with Crippen molar-refractivity contribution >= 4 is 29.2 Å². The van der Waals surface area contributed by atoms with Crippen molar-refractivity contribution in [2.75, 3.05) is 26.2 Å². The Kier molecular flexibility index (Phi) is 6.98. The molecule has 0 aromatic rings. The first-order chi connectivity index (χ1) is 9.03. The molecule has 4 heteroatoms. The highest BCUT2D eigenvalue weighted by Gasteiger charge is 2.37. The van der Waals surface area contributed by atoms with Crippen LogP contribution in [0.3, 0.4) is 0 Å². The SMILES string of the molecule is CC[N+](CC)(CC)CC.S=C([S-])N(C1CC1)C1CC1. The van der Waals surface area contributed by atoms with E-state index >= 15 is 0 Å². The molecule has 0 N–H and O–H groups in total. The fourth-order valence-corrected chi connectivity index (χ4v) is 3.24. The van der Waals surface area contributed by atoms with Gasteiger partial charge in [-0.2, -0.15) is 0 Å². The van der Waals surface area contributed by atoms with Crippen LogP contribution in [0.15, 0.2) is 0 Å². The number of nitrogens with zero attached hydrogens (tertiary/aromatic N) is 2. The van der Waals surface area contributed by atoms with Crippen LogP contribution in [0.25, 0.3) is 0 Å². The molecule has 2 aliphatic rings. The summed E-state index contributed by atoms with van der Waals surface area (Å²) >= 11 is 9.98. The van der Waals surface area contributed by atoms with Gasteiger partial charge < -0.3 is 34.2 Å². The average molecular weight is 303 g/mol. The summed E-state index contributed by atoms with van der Waals surface area (Å²) in [4.78, 5) is 2.27. The molecule has 0 unspecified atom stereocenters. The van der Waals surface area contributed by atoms with Crippen LogP contribution in [0.1, 0.15) is 53.4 Å². The molecule has 19 heavy (non-hydrogen) atoms. The maximum absolute atomic E-state index is 4.99. The van der Waals surface area contributed by atoms with E-state index in [0.717, 1.165) is 12.1 Å². The van der Waals surface area contributed by atoms with Gasteiger partial charge in [-0.05, 0) is 53.4 Å². The summed E-state index contributed by atoms with van der Waals surface area (Å²) in [5.41, 5.74) is 0. The highest BCUT2D eigenvalue weighted by atomic mass is 32.1. The Bertz CT molecular complexity index is 252. The maximum Gasteiger partial charge on any atom is 0.0757 e. The zero-order valence-corrected chi connectivity index (χ0v) is 14.7. The third-order valence-corrected chi connectivity index (χ3v) is 5.20. The molecule has 2 nitrogen and oxygen atoms in total. The van der Waals surface area contributed by atoms with E-state index in [2.05, 4.69) is 32.6 Å². The van der Waals surface area contributed by atoms with Crippen molar-refractivity contribution in [1.29, 1.82) is 0 Å². The minimum atomic E-state index is 0.699. The fraction of sp³-hybridized carbons (Fsp3) is 0.933. The van der Waals surface area contributed by atoms with E-state index in [0.29, 0.717) is 4.32 Å². The van der Waals surface area contributed by atoms with Gasteiger partial charge in [0.1, 0.15) is 0 Å². The Labute approximate surface area is 130 Å². The number of thiocarbonyl (C=S) groups is 1. The van der Waals surface area contributed by atoms with Crippen molar-refractivity contribution in [2.24, 2.45) is 0 Å². The molecule has 0 radical (unpaired) electrons. The predicted octanol–water partition coefficient (Wildman–Crippen LogP) is 3.33. The van der Waals surface area contributed by atoms with Crippen molar-refractivity contribution in [2.45, 2.75) is 65.5 Å². The Balaban J connectivity index is 0.000000192. The van der Waals surface area contributed by atoms with Crippen LogP contribution in [0.4, 0.5) is 0 Å². The molecule has 0 aromatic carbocycles. The van der Waals surface area contributed by atoms with Crippen molar-refractivity contribution in [3.63, 3.8) is 0 Å². The normalized spacial score (nSPS) is 18.5. The van der Waals surface area contributed by atoms with Crippen LogP contribution in [0.5, 0.6) is 0 Å². The zero-order chi connectivity index (χ0) is 14.5. The second-order valence-electron chi connectivity index (χ2n) is 5.74. The monoisotopic (exact) mass is 302 g/mol. The van der Waals surface area contributed by atoms with Gasteiger partial charge >= 0.3 is 0 Å². The lowest BCUT2D eigenvalue weighted by atomic mass is 10.3. The summed E-state index contributed by atoms with van der Waals surface area (Å²) in [5, 5.41) is 0. The van der Waals surface area contributed by atoms with Gasteiger partial charge in [-0.25, -0.2) is 0 Å². The van der Waals surface area contributed by atoms with Crippen molar-refractivity contribution < 1.29 is 4.48 Å². The molecular formula is C15H30N2S2. The highest BCUT2D eigenvalue weighted by molar-refractivity contribution is 8.00. The third kappa shape index (κ3) is 5.16. The lowest BCUT2D eigenvalue weighted by Gasteiger charge is -2.34. The van der Waals surface area contributed by atoms with Gasteiger partial charge in [0.15, 0.2) is 0 Å². The molecule has 2 aliphatic carbocycles. The Morgan fingerprint density at radius 3 is 1.37 bits per heavy atom. The minimum absolute atomic E-state index is 0.699. The van der Waals surface area contributed by atoms with E-state index in [9.17, 15) is 0 Å². The fourth-order valence-electron chi connectivity index (χ4n) is 2.64. The number of hydrogen-bond acceptors (Lipinski definition) is 2. The van der Waals surface area contributed by atoms with Crippen LogP contribution in [0, 0.1) is 0 Å². The number of hydrogen-bond donors (Lipinski definition) is 0. The van der Waals surface area contributed by atoms with Crippen LogP contribution in [-0.4, -0.2) is 52.0 Å². The smallest absolute Gasteiger partial charge is 0.0757 e. The molecule has 0 atom stereocenters. The Morgan fingerprint density at radius 1 is 0.947 bits per heavy atom. The molecular weight excluding hydrogens is 272 g/mol.